The van der Waals surface area contributed by atoms with Gasteiger partial charge in [0.1, 0.15) is 5.75 Å². The van der Waals surface area contributed by atoms with Gasteiger partial charge in [-0.1, -0.05) is 0 Å². The first-order chi connectivity index (χ1) is 5.65. The minimum absolute atomic E-state index is 0.440. The third-order valence-corrected chi connectivity index (χ3v) is 2.33. The number of ether oxygens (including phenoxy) is 1. The standard InChI is InChI=1S/C8H8INO2/c1-12-7-4-5(8(10)11)2-3-6(7)9/h2-4H,1H3,(H2,10,11). The van der Waals surface area contributed by atoms with Crippen LogP contribution in [0, 0.1) is 3.57 Å². The van der Waals surface area contributed by atoms with Crippen molar-refractivity contribution in [2.75, 3.05) is 7.11 Å². The highest BCUT2D eigenvalue weighted by Gasteiger charge is 2.04. The highest BCUT2D eigenvalue weighted by atomic mass is 127. The van der Waals surface area contributed by atoms with Crippen molar-refractivity contribution in [2.24, 2.45) is 5.73 Å². The number of amides is 1. The fraction of sp³-hybridized carbons (Fsp3) is 0.125. The van der Waals surface area contributed by atoms with Gasteiger partial charge in [0.05, 0.1) is 10.7 Å². The van der Waals surface area contributed by atoms with Gasteiger partial charge in [-0.25, -0.2) is 0 Å². The summed E-state index contributed by atoms with van der Waals surface area (Å²) < 4.78 is 5.98. The molecule has 0 aliphatic rings. The molecule has 3 nitrogen and oxygen atoms in total. The number of carbonyl (C=O) groups excluding carboxylic acids is 1. The molecular formula is C8H8INO2. The number of hydrogen-bond acceptors (Lipinski definition) is 2. The Morgan fingerprint density at radius 2 is 2.25 bits per heavy atom. The van der Waals surface area contributed by atoms with Crippen LogP contribution in [0.4, 0.5) is 0 Å². The molecule has 0 atom stereocenters. The first-order valence-electron chi connectivity index (χ1n) is 3.28. The number of primary amides is 1. The molecule has 0 fully saturated rings. The summed E-state index contributed by atoms with van der Waals surface area (Å²) in [4.78, 5) is 10.7. The van der Waals surface area contributed by atoms with E-state index in [4.69, 9.17) is 10.5 Å². The van der Waals surface area contributed by atoms with E-state index in [0.717, 1.165) is 3.57 Å². The first-order valence-corrected chi connectivity index (χ1v) is 4.36. The molecule has 0 saturated heterocycles. The average molecular weight is 277 g/mol. The van der Waals surface area contributed by atoms with Crippen LogP contribution in [0.5, 0.6) is 5.75 Å². The van der Waals surface area contributed by atoms with Crippen LogP contribution in [0.25, 0.3) is 0 Å². The van der Waals surface area contributed by atoms with Gasteiger partial charge in [-0.15, -0.1) is 0 Å². The lowest BCUT2D eigenvalue weighted by Crippen LogP contribution is -2.10. The zero-order chi connectivity index (χ0) is 9.14. The van der Waals surface area contributed by atoms with Crippen molar-refractivity contribution in [3.63, 3.8) is 0 Å². The van der Waals surface area contributed by atoms with Crippen LogP contribution in [0.15, 0.2) is 18.2 Å². The second-order valence-electron chi connectivity index (χ2n) is 2.21. The Balaban J connectivity index is 3.13. The normalized spacial score (nSPS) is 9.50. The average Bonchev–Trinajstić information content (AvgIpc) is 2.05. The predicted octanol–water partition coefficient (Wildman–Crippen LogP) is 1.40. The lowest BCUT2D eigenvalue weighted by atomic mass is 10.2. The third-order valence-electron chi connectivity index (χ3n) is 1.44. The fourth-order valence-electron chi connectivity index (χ4n) is 0.813. The summed E-state index contributed by atoms with van der Waals surface area (Å²) in [6.45, 7) is 0. The molecule has 0 unspecified atom stereocenters. The molecule has 0 aromatic heterocycles. The van der Waals surface area contributed by atoms with Gasteiger partial charge in [0.25, 0.3) is 0 Å². The summed E-state index contributed by atoms with van der Waals surface area (Å²) in [6, 6.07) is 5.09. The quantitative estimate of drug-likeness (QED) is 0.831. The van der Waals surface area contributed by atoms with Gasteiger partial charge in [0, 0.05) is 5.56 Å². The van der Waals surface area contributed by atoms with Crippen LogP contribution < -0.4 is 10.5 Å². The number of methoxy groups -OCH3 is 1. The molecule has 1 rings (SSSR count). The Hall–Kier alpha value is -0.780. The monoisotopic (exact) mass is 277 g/mol. The van der Waals surface area contributed by atoms with Gasteiger partial charge < -0.3 is 10.5 Å². The Morgan fingerprint density at radius 1 is 1.58 bits per heavy atom. The Bertz CT molecular complexity index is 312. The molecule has 0 radical (unpaired) electrons. The first kappa shape index (κ1) is 9.31. The van der Waals surface area contributed by atoms with Crippen LogP contribution in [0.1, 0.15) is 10.4 Å². The molecule has 1 amide bonds. The maximum absolute atomic E-state index is 10.7. The zero-order valence-corrected chi connectivity index (χ0v) is 8.66. The van der Waals surface area contributed by atoms with E-state index in [-0.39, 0.29) is 0 Å². The topological polar surface area (TPSA) is 52.3 Å². The van der Waals surface area contributed by atoms with E-state index in [1.165, 1.54) is 0 Å². The number of nitrogens with two attached hydrogens (primary N) is 1. The van der Waals surface area contributed by atoms with Gasteiger partial charge in [-0.05, 0) is 40.8 Å². The summed E-state index contributed by atoms with van der Waals surface area (Å²) in [5.41, 5.74) is 5.56. The summed E-state index contributed by atoms with van der Waals surface area (Å²) in [5.74, 6) is 0.233. The summed E-state index contributed by atoms with van der Waals surface area (Å²) in [7, 11) is 1.56. The second kappa shape index (κ2) is 3.75. The van der Waals surface area contributed by atoms with E-state index >= 15 is 0 Å². The van der Waals surface area contributed by atoms with Crippen LogP contribution >= 0.6 is 22.6 Å². The van der Waals surface area contributed by atoms with E-state index in [1.54, 1.807) is 25.3 Å². The molecule has 1 aromatic carbocycles. The number of rotatable bonds is 2. The molecule has 0 saturated carbocycles. The van der Waals surface area contributed by atoms with Crippen molar-refractivity contribution in [2.45, 2.75) is 0 Å². The van der Waals surface area contributed by atoms with E-state index in [1.807, 2.05) is 0 Å². The molecule has 0 aliphatic carbocycles. The lowest BCUT2D eigenvalue weighted by molar-refractivity contribution is 0.1000. The second-order valence-corrected chi connectivity index (χ2v) is 3.38. The van der Waals surface area contributed by atoms with Crippen LogP contribution in [-0.4, -0.2) is 13.0 Å². The number of halogens is 1. The molecule has 0 heterocycles. The Labute approximate surface area is 84.0 Å². The number of benzene rings is 1. The van der Waals surface area contributed by atoms with Crippen LogP contribution in [0.3, 0.4) is 0 Å². The number of hydrogen-bond donors (Lipinski definition) is 1. The highest BCUT2D eigenvalue weighted by molar-refractivity contribution is 14.1. The molecule has 0 aliphatic heterocycles. The van der Waals surface area contributed by atoms with E-state index in [0.29, 0.717) is 11.3 Å². The van der Waals surface area contributed by atoms with Gasteiger partial charge in [-0.3, -0.25) is 4.79 Å². The molecule has 64 valence electrons. The summed E-state index contributed by atoms with van der Waals surface area (Å²) in [6.07, 6.45) is 0. The Kier molecular flexibility index (Phi) is 2.91. The number of carbonyl (C=O) groups is 1. The van der Waals surface area contributed by atoms with E-state index in [2.05, 4.69) is 22.6 Å². The van der Waals surface area contributed by atoms with Crippen LogP contribution in [0.2, 0.25) is 0 Å². The van der Waals surface area contributed by atoms with E-state index < -0.39 is 5.91 Å². The largest absolute Gasteiger partial charge is 0.496 e. The predicted molar refractivity (Wildman–Crippen MR) is 54.2 cm³/mol. The minimum atomic E-state index is -0.440. The summed E-state index contributed by atoms with van der Waals surface area (Å²) >= 11 is 2.12. The maximum Gasteiger partial charge on any atom is 0.248 e. The molecule has 0 bridgehead atoms. The summed E-state index contributed by atoms with van der Waals surface area (Å²) in [5, 5.41) is 0. The Morgan fingerprint density at radius 3 is 2.75 bits per heavy atom. The lowest BCUT2D eigenvalue weighted by Gasteiger charge is -2.03. The van der Waals surface area contributed by atoms with Gasteiger partial charge in [0.15, 0.2) is 0 Å². The van der Waals surface area contributed by atoms with Crippen molar-refractivity contribution in [3.8, 4) is 5.75 Å². The minimum Gasteiger partial charge on any atom is -0.496 e. The van der Waals surface area contributed by atoms with Crippen molar-refractivity contribution in [1.29, 1.82) is 0 Å². The van der Waals surface area contributed by atoms with Crippen molar-refractivity contribution in [3.05, 3.63) is 27.3 Å². The highest BCUT2D eigenvalue weighted by Crippen LogP contribution is 2.21. The van der Waals surface area contributed by atoms with Gasteiger partial charge in [0.2, 0.25) is 5.91 Å². The molecular weight excluding hydrogens is 269 g/mol. The van der Waals surface area contributed by atoms with Crippen LogP contribution in [-0.2, 0) is 0 Å². The molecule has 1 aromatic rings. The zero-order valence-electron chi connectivity index (χ0n) is 6.50. The fourth-order valence-corrected chi connectivity index (χ4v) is 1.37. The van der Waals surface area contributed by atoms with Gasteiger partial charge in [-0.2, -0.15) is 0 Å². The van der Waals surface area contributed by atoms with Crippen molar-refractivity contribution >= 4 is 28.5 Å². The SMILES string of the molecule is COc1cc(C(N)=O)ccc1I. The molecule has 2 N–H and O–H groups in total. The molecule has 4 heteroatoms. The molecule has 0 spiro atoms. The third kappa shape index (κ3) is 1.88. The molecule has 12 heavy (non-hydrogen) atoms. The smallest absolute Gasteiger partial charge is 0.248 e. The van der Waals surface area contributed by atoms with Crippen molar-refractivity contribution in [1.82, 2.24) is 0 Å². The van der Waals surface area contributed by atoms with Gasteiger partial charge >= 0.3 is 0 Å². The van der Waals surface area contributed by atoms with Crippen molar-refractivity contribution < 1.29 is 9.53 Å². The maximum atomic E-state index is 10.7. The van der Waals surface area contributed by atoms with E-state index in [9.17, 15) is 4.79 Å².